The number of hydrogen-bond acceptors (Lipinski definition) is 5. The lowest BCUT2D eigenvalue weighted by Gasteiger charge is -2.01. The molecule has 100 valence electrons. The molecule has 2 heterocycles. The maximum Gasteiger partial charge on any atom is 0.339 e. The van der Waals surface area contributed by atoms with Crippen LogP contribution in [0.4, 0.5) is 0 Å². The van der Waals surface area contributed by atoms with Crippen LogP contribution in [0.15, 0.2) is 21.7 Å². The molecule has 5 nitrogen and oxygen atoms in total. The minimum absolute atomic E-state index is 0.206. The highest BCUT2D eigenvalue weighted by atomic mass is 32.2. The van der Waals surface area contributed by atoms with Gasteiger partial charge in [0.25, 0.3) is 0 Å². The number of furan rings is 1. The van der Waals surface area contributed by atoms with Crippen LogP contribution in [0.3, 0.4) is 0 Å². The van der Waals surface area contributed by atoms with Crippen LogP contribution in [0.25, 0.3) is 0 Å². The van der Waals surface area contributed by atoms with E-state index in [4.69, 9.17) is 9.52 Å². The van der Waals surface area contributed by atoms with Crippen LogP contribution in [0, 0.1) is 20.8 Å². The number of carboxylic acids is 1. The van der Waals surface area contributed by atoms with Gasteiger partial charge >= 0.3 is 5.97 Å². The van der Waals surface area contributed by atoms with Gasteiger partial charge in [-0.1, -0.05) is 11.8 Å². The molecule has 0 unspecified atom stereocenters. The maximum atomic E-state index is 10.9. The smallest absolute Gasteiger partial charge is 0.339 e. The van der Waals surface area contributed by atoms with E-state index >= 15 is 0 Å². The van der Waals surface area contributed by atoms with E-state index in [0.29, 0.717) is 22.4 Å². The van der Waals surface area contributed by atoms with Gasteiger partial charge in [0.15, 0.2) is 5.16 Å². The SMILES string of the molecule is Cc1cc(C)nc(SCc2cc(C(=O)O)c(C)o2)n1. The Balaban J connectivity index is 2.10. The summed E-state index contributed by atoms with van der Waals surface area (Å²) in [5.41, 5.74) is 2.03. The van der Waals surface area contributed by atoms with Crippen molar-refractivity contribution in [1.29, 1.82) is 0 Å². The molecule has 2 aromatic rings. The molecule has 0 fully saturated rings. The maximum absolute atomic E-state index is 10.9. The van der Waals surface area contributed by atoms with Crippen LogP contribution in [-0.4, -0.2) is 21.0 Å². The topological polar surface area (TPSA) is 76.2 Å². The fourth-order valence-electron chi connectivity index (χ4n) is 1.72. The molecule has 0 saturated heterocycles. The first-order valence-corrected chi connectivity index (χ1v) is 6.72. The molecule has 0 radical (unpaired) electrons. The van der Waals surface area contributed by atoms with Gasteiger partial charge < -0.3 is 9.52 Å². The zero-order valence-electron chi connectivity index (χ0n) is 10.9. The number of rotatable bonds is 4. The molecular formula is C13H14N2O3S. The Hall–Kier alpha value is -1.82. The zero-order chi connectivity index (χ0) is 14.0. The molecular weight excluding hydrogens is 264 g/mol. The van der Waals surface area contributed by atoms with Crippen molar-refractivity contribution >= 4 is 17.7 Å². The fraction of sp³-hybridized carbons (Fsp3) is 0.308. The van der Waals surface area contributed by atoms with Crippen molar-refractivity contribution in [3.05, 3.63) is 40.6 Å². The van der Waals surface area contributed by atoms with E-state index in [-0.39, 0.29) is 5.56 Å². The Morgan fingerprint density at radius 2 is 1.89 bits per heavy atom. The molecule has 0 aliphatic rings. The molecule has 0 spiro atoms. The van der Waals surface area contributed by atoms with E-state index in [0.717, 1.165) is 11.4 Å². The molecule has 0 saturated carbocycles. The molecule has 1 N–H and O–H groups in total. The summed E-state index contributed by atoms with van der Waals surface area (Å²) in [4.78, 5) is 19.5. The van der Waals surface area contributed by atoms with Crippen LogP contribution in [0.5, 0.6) is 0 Å². The van der Waals surface area contributed by atoms with Crippen molar-refractivity contribution in [2.24, 2.45) is 0 Å². The number of nitrogens with zero attached hydrogens (tertiary/aromatic N) is 2. The molecule has 0 aromatic carbocycles. The van der Waals surface area contributed by atoms with Gasteiger partial charge in [-0.05, 0) is 32.9 Å². The van der Waals surface area contributed by atoms with E-state index < -0.39 is 5.97 Å². The fourth-order valence-corrected chi connectivity index (χ4v) is 2.55. The summed E-state index contributed by atoms with van der Waals surface area (Å²) in [7, 11) is 0. The van der Waals surface area contributed by atoms with Gasteiger partial charge in [0, 0.05) is 11.4 Å². The first kappa shape index (κ1) is 13.6. The van der Waals surface area contributed by atoms with Crippen LogP contribution in [0.2, 0.25) is 0 Å². The first-order chi connectivity index (χ1) is 8.95. The van der Waals surface area contributed by atoms with E-state index in [2.05, 4.69) is 9.97 Å². The minimum Gasteiger partial charge on any atom is -0.478 e. The van der Waals surface area contributed by atoms with E-state index in [1.165, 1.54) is 11.8 Å². The lowest BCUT2D eigenvalue weighted by molar-refractivity contribution is 0.0695. The Kier molecular flexibility index (Phi) is 3.90. The zero-order valence-corrected chi connectivity index (χ0v) is 11.7. The van der Waals surface area contributed by atoms with Gasteiger partial charge in [0.05, 0.1) is 5.75 Å². The second-order valence-corrected chi connectivity index (χ2v) is 5.15. The summed E-state index contributed by atoms with van der Waals surface area (Å²) in [6.45, 7) is 5.47. The summed E-state index contributed by atoms with van der Waals surface area (Å²) in [5.74, 6) is 0.573. The summed E-state index contributed by atoms with van der Waals surface area (Å²) in [5, 5.41) is 9.62. The highest BCUT2D eigenvalue weighted by molar-refractivity contribution is 7.98. The van der Waals surface area contributed by atoms with Crippen molar-refractivity contribution in [2.45, 2.75) is 31.7 Å². The Morgan fingerprint density at radius 3 is 2.42 bits per heavy atom. The first-order valence-electron chi connectivity index (χ1n) is 5.73. The summed E-state index contributed by atoms with van der Waals surface area (Å²) in [6.07, 6.45) is 0. The second kappa shape index (κ2) is 5.44. The molecule has 19 heavy (non-hydrogen) atoms. The highest BCUT2D eigenvalue weighted by Crippen LogP contribution is 2.23. The highest BCUT2D eigenvalue weighted by Gasteiger charge is 2.14. The van der Waals surface area contributed by atoms with Crippen LogP contribution in [-0.2, 0) is 5.75 Å². The number of thioether (sulfide) groups is 1. The third-order valence-corrected chi connectivity index (χ3v) is 3.37. The van der Waals surface area contributed by atoms with Crippen LogP contribution >= 0.6 is 11.8 Å². The van der Waals surface area contributed by atoms with Crippen LogP contribution < -0.4 is 0 Å². The Labute approximate surface area is 115 Å². The van der Waals surface area contributed by atoms with Gasteiger partial charge in [-0.3, -0.25) is 0 Å². The van der Waals surface area contributed by atoms with E-state index in [1.807, 2.05) is 19.9 Å². The number of aromatic carboxylic acids is 1. The van der Waals surface area contributed by atoms with Crippen molar-refractivity contribution < 1.29 is 14.3 Å². The summed E-state index contributed by atoms with van der Waals surface area (Å²) in [6, 6.07) is 3.46. The molecule has 0 aliphatic carbocycles. The van der Waals surface area contributed by atoms with Crippen molar-refractivity contribution in [2.75, 3.05) is 0 Å². The van der Waals surface area contributed by atoms with Crippen molar-refractivity contribution in [3.8, 4) is 0 Å². The standard InChI is InChI=1S/C13H14N2O3S/c1-7-4-8(2)15-13(14-7)19-6-10-5-11(12(16)17)9(3)18-10/h4-5H,6H2,1-3H3,(H,16,17). The van der Waals surface area contributed by atoms with Gasteiger partial charge in [-0.2, -0.15) is 0 Å². The van der Waals surface area contributed by atoms with E-state index in [9.17, 15) is 4.79 Å². The lowest BCUT2D eigenvalue weighted by atomic mass is 10.2. The Morgan fingerprint density at radius 1 is 1.26 bits per heavy atom. The van der Waals surface area contributed by atoms with Gasteiger partial charge in [-0.15, -0.1) is 0 Å². The Bertz CT molecular complexity index is 602. The monoisotopic (exact) mass is 278 g/mol. The van der Waals surface area contributed by atoms with E-state index in [1.54, 1.807) is 13.0 Å². The van der Waals surface area contributed by atoms with Crippen molar-refractivity contribution in [1.82, 2.24) is 9.97 Å². The molecule has 6 heteroatoms. The predicted molar refractivity (Wildman–Crippen MR) is 71.5 cm³/mol. The normalized spacial score (nSPS) is 10.7. The average Bonchev–Trinajstić information content (AvgIpc) is 2.67. The predicted octanol–water partition coefficient (Wildman–Crippen LogP) is 2.99. The molecule has 0 amide bonds. The van der Waals surface area contributed by atoms with Gasteiger partial charge in [-0.25, -0.2) is 14.8 Å². The number of aryl methyl sites for hydroxylation is 3. The molecule has 0 aliphatic heterocycles. The average molecular weight is 278 g/mol. The number of hydrogen-bond donors (Lipinski definition) is 1. The van der Waals surface area contributed by atoms with Crippen molar-refractivity contribution in [3.63, 3.8) is 0 Å². The van der Waals surface area contributed by atoms with Gasteiger partial charge in [0.2, 0.25) is 0 Å². The molecule has 2 rings (SSSR count). The third kappa shape index (κ3) is 3.35. The summed E-state index contributed by atoms with van der Waals surface area (Å²) < 4.78 is 5.40. The van der Waals surface area contributed by atoms with Gasteiger partial charge in [0.1, 0.15) is 17.1 Å². The lowest BCUT2D eigenvalue weighted by Crippen LogP contribution is -1.95. The second-order valence-electron chi connectivity index (χ2n) is 4.21. The molecule has 0 atom stereocenters. The molecule has 0 bridgehead atoms. The third-order valence-electron chi connectivity index (χ3n) is 2.50. The quantitative estimate of drug-likeness (QED) is 0.684. The van der Waals surface area contributed by atoms with Crippen LogP contribution in [0.1, 0.15) is 33.3 Å². The largest absolute Gasteiger partial charge is 0.478 e. The number of carbonyl (C=O) groups is 1. The number of carboxylic acid groups (broad SMARTS) is 1. The molecule has 2 aromatic heterocycles. The number of aromatic nitrogens is 2. The minimum atomic E-state index is -0.972. The summed E-state index contributed by atoms with van der Waals surface area (Å²) >= 11 is 1.43.